The first-order chi connectivity index (χ1) is 14.6. The first-order valence-electron chi connectivity index (χ1n) is 9.72. The summed E-state index contributed by atoms with van der Waals surface area (Å²) in [6, 6.07) is 8.59. The van der Waals surface area contributed by atoms with E-state index in [1.54, 1.807) is 17.3 Å². The smallest absolute Gasteiger partial charge is 0.401 e. The zero-order valence-corrected chi connectivity index (χ0v) is 16.3. The summed E-state index contributed by atoms with van der Waals surface area (Å²) in [6.45, 7) is 1.93. The maximum atomic E-state index is 12.4. The van der Waals surface area contributed by atoms with Gasteiger partial charge in [-0.2, -0.15) is 0 Å². The molecule has 9 heteroatoms. The zero-order valence-electron chi connectivity index (χ0n) is 16.3. The minimum absolute atomic E-state index is 0.135. The van der Waals surface area contributed by atoms with E-state index in [4.69, 9.17) is 4.42 Å². The van der Waals surface area contributed by atoms with Gasteiger partial charge in [0.05, 0.1) is 18.3 Å². The number of furan rings is 1. The van der Waals surface area contributed by atoms with E-state index in [1.807, 2.05) is 24.4 Å². The molecule has 1 saturated heterocycles. The van der Waals surface area contributed by atoms with Gasteiger partial charge in [0.25, 0.3) is 0 Å². The number of hydrogen-bond donors (Lipinski definition) is 0. The molecule has 1 amide bonds. The lowest BCUT2D eigenvalue weighted by Gasteiger charge is -2.31. The lowest BCUT2D eigenvalue weighted by atomic mass is 9.95. The van der Waals surface area contributed by atoms with E-state index in [-0.39, 0.29) is 23.5 Å². The first kappa shape index (κ1) is 19.6. The molecule has 0 spiro atoms. The third-order valence-corrected chi connectivity index (χ3v) is 5.16. The maximum absolute atomic E-state index is 12.4. The number of nitro groups is 1. The Hall–Kier alpha value is -3.75. The van der Waals surface area contributed by atoms with Crippen LogP contribution in [0.1, 0.15) is 36.0 Å². The Morgan fingerprint density at radius 1 is 1.20 bits per heavy atom. The topological polar surface area (TPSA) is 107 Å². The van der Waals surface area contributed by atoms with Crippen LogP contribution in [-0.4, -0.2) is 43.4 Å². The predicted molar refractivity (Wildman–Crippen MR) is 109 cm³/mol. The van der Waals surface area contributed by atoms with Gasteiger partial charge < -0.3 is 13.9 Å². The number of likely N-dealkylation sites (tertiary alicyclic amines) is 1. The molecule has 4 rings (SSSR count). The number of carbonyl (C=O) groups excluding carboxylic acids is 1. The van der Waals surface area contributed by atoms with Gasteiger partial charge in [-0.15, -0.1) is 0 Å². The minimum atomic E-state index is -0.609. The molecule has 0 bridgehead atoms. The van der Waals surface area contributed by atoms with E-state index < -0.39 is 4.92 Å². The highest BCUT2D eigenvalue weighted by molar-refractivity contribution is 5.91. The van der Waals surface area contributed by atoms with Gasteiger partial charge in [0.1, 0.15) is 16.5 Å². The van der Waals surface area contributed by atoms with Gasteiger partial charge >= 0.3 is 5.88 Å². The molecule has 1 aliphatic rings. The van der Waals surface area contributed by atoms with E-state index in [0.717, 1.165) is 24.4 Å². The van der Waals surface area contributed by atoms with Crippen LogP contribution in [0.2, 0.25) is 0 Å². The van der Waals surface area contributed by atoms with Crippen molar-refractivity contribution in [1.82, 2.24) is 19.4 Å². The van der Waals surface area contributed by atoms with Crippen LogP contribution in [-0.2, 0) is 11.3 Å². The number of rotatable bonds is 6. The van der Waals surface area contributed by atoms with Gasteiger partial charge in [0, 0.05) is 43.7 Å². The van der Waals surface area contributed by atoms with Crippen LogP contribution in [0.15, 0.2) is 59.4 Å². The van der Waals surface area contributed by atoms with Crippen LogP contribution in [0.4, 0.5) is 5.88 Å². The van der Waals surface area contributed by atoms with Gasteiger partial charge in [-0.1, -0.05) is 6.07 Å². The second kappa shape index (κ2) is 8.73. The summed E-state index contributed by atoms with van der Waals surface area (Å²) >= 11 is 0. The molecule has 0 radical (unpaired) electrons. The largest absolute Gasteiger partial charge is 0.433 e. The Morgan fingerprint density at radius 3 is 2.73 bits per heavy atom. The summed E-state index contributed by atoms with van der Waals surface area (Å²) in [6.07, 6.45) is 10.1. The summed E-state index contributed by atoms with van der Waals surface area (Å²) in [5.74, 6) is 1.10. The quantitative estimate of drug-likeness (QED) is 0.353. The first-order valence-corrected chi connectivity index (χ1v) is 9.72. The molecule has 3 aromatic heterocycles. The van der Waals surface area contributed by atoms with E-state index in [2.05, 4.69) is 14.5 Å². The van der Waals surface area contributed by atoms with Crippen molar-refractivity contribution in [2.75, 3.05) is 13.1 Å². The second-order valence-electron chi connectivity index (χ2n) is 7.10. The summed E-state index contributed by atoms with van der Waals surface area (Å²) in [5, 5.41) is 10.7. The normalized spacial score (nSPS) is 15.0. The van der Waals surface area contributed by atoms with Gasteiger partial charge in [-0.25, -0.2) is 4.98 Å². The van der Waals surface area contributed by atoms with E-state index in [1.165, 1.54) is 24.3 Å². The van der Waals surface area contributed by atoms with Crippen molar-refractivity contribution in [2.45, 2.75) is 25.3 Å². The molecule has 9 nitrogen and oxygen atoms in total. The highest BCUT2D eigenvalue weighted by Crippen LogP contribution is 2.27. The number of pyridine rings is 1. The molecule has 0 N–H and O–H groups in total. The number of imidazole rings is 1. The number of piperidine rings is 1. The molecular weight excluding hydrogens is 386 g/mol. The molecule has 0 saturated carbocycles. The third kappa shape index (κ3) is 4.45. The average Bonchev–Trinajstić information content (AvgIpc) is 3.43. The molecule has 0 aliphatic carbocycles. The van der Waals surface area contributed by atoms with Crippen molar-refractivity contribution in [3.05, 3.63) is 82.4 Å². The van der Waals surface area contributed by atoms with Crippen LogP contribution in [0, 0.1) is 10.1 Å². The number of amides is 1. The van der Waals surface area contributed by atoms with Crippen molar-refractivity contribution in [3.8, 4) is 0 Å². The minimum Gasteiger partial charge on any atom is -0.401 e. The monoisotopic (exact) mass is 407 g/mol. The fraction of sp³-hybridized carbons (Fsp3) is 0.286. The van der Waals surface area contributed by atoms with Crippen LogP contribution in [0.25, 0.3) is 6.08 Å². The van der Waals surface area contributed by atoms with Gasteiger partial charge in [-0.05, 0) is 37.1 Å². The Kier molecular flexibility index (Phi) is 5.69. The molecular formula is C21H21N5O4. The Bertz CT molecular complexity index is 1050. The fourth-order valence-electron chi connectivity index (χ4n) is 3.63. The zero-order chi connectivity index (χ0) is 20.9. The highest BCUT2D eigenvalue weighted by Gasteiger charge is 2.25. The molecule has 0 unspecified atom stereocenters. The van der Waals surface area contributed by atoms with Crippen molar-refractivity contribution < 1.29 is 14.1 Å². The number of hydrogen-bond acceptors (Lipinski definition) is 6. The molecule has 30 heavy (non-hydrogen) atoms. The van der Waals surface area contributed by atoms with Crippen LogP contribution < -0.4 is 0 Å². The van der Waals surface area contributed by atoms with Crippen LogP contribution in [0.5, 0.6) is 0 Å². The lowest BCUT2D eigenvalue weighted by Crippen LogP contribution is -2.37. The standard InChI is InChI=1S/C21H21N5O4/c27-19(6-4-18-5-7-20(30-18)26(28)29)24-12-8-16(9-13-24)21-23-11-14-25(21)15-17-3-1-2-10-22-17/h1-7,10-11,14,16H,8-9,12-13,15H2. The van der Waals surface area contributed by atoms with Gasteiger partial charge in [0.2, 0.25) is 5.91 Å². The Morgan fingerprint density at radius 2 is 2.03 bits per heavy atom. The Balaban J connectivity index is 1.34. The van der Waals surface area contributed by atoms with E-state index in [0.29, 0.717) is 19.6 Å². The molecule has 0 aromatic carbocycles. The van der Waals surface area contributed by atoms with Crippen molar-refractivity contribution in [3.63, 3.8) is 0 Å². The van der Waals surface area contributed by atoms with Crippen molar-refractivity contribution in [2.24, 2.45) is 0 Å². The predicted octanol–water partition coefficient (Wildman–Crippen LogP) is 3.25. The summed E-state index contributed by atoms with van der Waals surface area (Å²) in [5.41, 5.74) is 0.979. The molecule has 154 valence electrons. The van der Waals surface area contributed by atoms with Crippen molar-refractivity contribution in [1.29, 1.82) is 0 Å². The summed E-state index contributed by atoms with van der Waals surface area (Å²) < 4.78 is 7.16. The molecule has 3 aromatic rings. The number of nitrogens with zero attached hydrogens (tertiary/aromatic N) is 5. The number of carbonyl (C=O) groups is 1. The average molecular weight is 407 g/mol. The molecule has 1 aliphatic heterocycles. The fourth-order valence-corrected chi connectivity index (χ4v) is 3.63. The third-order valence-electron chi connectivity index (χ3n) is 5.16. The van der Waals surface area contributed by atoms with Crippen molar-refractivity contribution >= 4 is 17.9 Å². The maximum Gasteiger partial charge on any atom is 0.433 e. The second-order valence-corrected chi connectivity index (χ2v) is 7.10. The van der Waals surface area contributed by atoms with Crippen LogP contribution in [0.3, 0.4) is 0 Å². The molecule has 1 fully saturated rings. The summed E-state index contributed by atoms with van der Waals surface area (Å²) in [7, 11) is 0. The van der Waals surface area contributed by atoms with E-state index >= 15 is 0 Å². The molecule has 0 atom stereocenters. The van der Waals surface area contributed by atoms with Crippen LogP contribution >= 0.6 is 0 Å². The molecule has 4 heterocycles. The highest BCUT2D eigenvalue weighted by atomic mass is 16.6. The van der Waals surface area contributed by atoms with Gasteiger partial charge in [0.15, 0.2) is 0 Å². The number of aromatic nitrogens is 3. The summed E-state index contributed by atoms with van der Waals surface area (Å²) in [4.78, 5) is 33.2. The van der Waals surface area contributed by atoms with E-state index in [9.17, 15) is 14.9 Å². The Labute approximate surface area is 172 Å². The lowest BCUT2D eigenvalue weighted by molar-refractivity contribution is -0.402. The SMILES string of the molecule is O=C(C=Cc1ccc([N+](=O)[O-])o1)N1CCC(c2nccn2Cc2ccccn2)CC1. The van der Waals surface area contributed by atoms with Gasteiger partial charge in [-0.3, -0.25) is 19.9 Å².